The second-order valence-corrected chi connectivity index (χ2v) is 5.34. The number of carbonyl (C=O) groups is 1. The number of aryl methyl sites for hydroxylation is 1. The number of thiophene rings is 1. The third-order valence-electron chi connectivity index (χ3n) is 2.51. The molecule has 0 aliphatic heterocycles. The van der Waals surface area contributed by atoms with Crippen molar-refractivity contribution >= 4 is 17.3 Å². The zero-order valence-electron chi connectivity index (χ0n) is 10.9. The average Bonchev–Trinajstić information content (AvgIpc) is 2.99. The molecule has 19 heavy (non-hydrogen) atoms. The molecule has 0 fully saturated rings. The van der Waals surface area contributed by atoms with Crippen molar-refractivity contribution in [2.24, 2.45) is 0 Å². The summed E-state index contributed by atoms with van der Waals surface area (Å²) in [5.74, 6) is 1.29. The smallest absolute Gasteiger partial charge is 0.310 e. The van der Waals surface area contributed by atoms with E-state index in [4.69, 9.17) is 4.42 Å². The number of methoxy groups -OCH3 is 1. The second-order valence-electron chi connectivity index (χ2n) is 4.09. The maximum Gasteiger partial charge on any atom is 0.310 e. The Morgan fingerprint density at radius 2 is 2.21 bits per heavy atom. The van der Waals surface area contributed by atoms with Gasteiger partial charge in [-0.1, -0.05) is 0 Å². The van der Waals surface area contributed by atoms with Crippen LogP contribution in [-0.2, 0) is 29.0 Å². The Morgan fingerprint density at radius 1 is 1.42 bits per heavy atom. The summed E-state index contributed by atoms with van der Waals surface area (Å²) in [6.45, 7) is 3.19. The maximum atomic E-state index is 11.1. The lowest BCUT2D eigenvalue weighted by Crippen LogP contribution is -2.11. The predicted molar refractivity (Wildman–Crippen MR) is 71.8 cm³/mol. The fourth-order valence-corrected chi connectivity index (χ4v) is 2.58. The Balaban J connectivity index is 1.78. The molecule has 0 radical (unpaired) electrons. The van der Waals surface area contributed by atoms with Crippen LogP contribution < -0.4 is 5.32 Å². The van der Waals surface area contributed by atoms with E-state index >= 15 is 0 Å². The number of carbonyl (C=O) groups excluding carboxylic acids is 1. The fraction of sp³-hybridized carbons (Fsp3) is 0.385. The first-order valence-electron chi connectivity index (χ1n) is 5.94. The number of oxazole rings is 1. The van der Waals surface area contributed by atoms with Crippen LogP contribution in [0.15, 0.2) is 22.7 Å². The van der Waals surface area contributed by atoms with Crippen LogP contribution >= 0.6 is 11.3 Å². The van der Waals surface area contributed by atoms with Gasteiger partial charge in [0, 0.05) is 16.3 Å². The van der Waals surface area contributed by atoms with Crippen molar-refractivity contribution < 1.29 is 13.9 Å². The third kappa shape index (κ3) is 4.18. The van der Waals surface area contributed by atoms with Crippen LogP contribution in [0.25, 0.3) is 0 Å². The van der Waals surface area contributed by atoms with Crippen LogP contribution in [0.2, 0.25) is 0 Å². The summed E-state index contributed by atoms with van der Waals surface area (Å²) in [6.07, 6.45) is 2.04. The van der Waals surface area contributed by atoms with E-state index in [-0.39, 0.29) is 5.97 Å². The lowest BCUT2D eigenvalue weighted by Gasteiger charge is -1.99. The molecular weight excluding hydrogens is 264 g/mol. The molecule has 0 aliphatic rings. The summed E-state index contributed by atoms with van der Waals surface area (Å²) in [6, 6.07) is 3.96. The van der Waals surface area contributed by atoms with Crippen molar-refractivity contribution in [2.75, 3.05) is 7.11 Å². The van der Waals surface area contributed by atoms with E-state index in [9.17, 15) is 4.79 Å². The van der Waals surface area contributed by atoms with E-state index in [1.54, 1.807) is 17.5 Å². The van der Waals surface area contributed by atoms with E-state index in [0.29, 0.717) is 18.9 Å². The molecule has 0 aliphatic carbocycles. The molecule has 0 aromatic carbocycles. The molecule has 102 valence electrons. The van der Waals surface area contributed by atoms with Crippen LogP contribution in [0.1, 0.15) is 21.4 Å². The Kier molecular flexibility index (Phi) is 4.70. The minimum absolute atomic E-state index is 0.211. The summed E-state index contributed by atoms with van der Waals surface area (Å²) in [7, 11) is 1.40. The minimum atomic E-state index is -0.211. The molecule has 6 heteroatoms. The van der Waals surface area contributed by atoms with Crippen molar-refractivity contribution in [3.63, 3.8) is 0 Å². The Hall–Kier alpha value is -1.66. The number of ether oxygens (including phenoxy) is 1. The standard InChI is InChI=1S/C13H16N2O3S/c1-9-6-15-12(18-9)8-14-7-11-4-3-10(19-11)5-13(16)17-2/h3-4,6,14H,5,7-8H2,1-2H3. The van der Waals surface area contributed by atoms with Crippen LogP contribution in [0.5, 0.6) is 0 Å². The van der Waals surface area contributed by atoms with Gasteiger partial charge in [0.15, 0.2) is 0 Å². The van der Waals surface area contributed by atoms with Crippen LogP contribution in [-0.4, -0.2) is 18.1 Å². The van der Waals surface area contributed by atoms with Crippen molar-refractivity contribution in [3.05, 3.63) is 39.7 Å². The fourth-order valence-electron chi connectivity index (χ4n) is 1.60. The highest BCUT2D eigenvalue weighted by molar-refractivity contribution is 7.12. The van der Waals surface area contributed by atoms with Crippen molar-refractivity contribution in [1.29, 1.82) is 0 Å². The zero-order valence-corrected chi connectivity index (χ0v) is 11.8. The first-order valence-corrected chi connectivity index (χ1v) is 6.75. The van der Waals surface area contributed by atoms with Crippen molar-refractivity contribution in [1.82, 2.24) is 10.3 Å². The monoisotopic (exact) mass is 280 g/mol. The maximum absolute atomic E-state index is 11.1. The van der Waals surface area contributed by atoms with Gasteiger partial charge in [-0.3, -0.25) is 4.79 Å². The summed E-state index contributed by atoms with van der Waals surface area (Å²) < 4.78 is 10.00. The summed E-state index contributed by atoms with van der Waals surface area (Å²) in [5.41, 5.74) is 0. The first kappa shape index (κ1) is 13.8. The lowest BCUT2D eigenvalue weighted by atomic mass is 10.3. The van der Waals surface area contributed by atoms with Crippen molar-refractivity contribution in [2.45, 2.75) is 26.4 Å². The highest BCUT2D eigenvalue weighted by Crippen LogP contribution is 2.17. The summed E-state index contributed by atoms with van der Waals surface area (Å²) >= 11 is 1.60. The van der Waals surface area contributed by atoms with Gasteiger partial charge in [-0.05, 0) is 19.1 Å². The molecule has 5 nitrogen and oxygen atoms in total. The summed E-state index contributed by atoms with van der Waals surface area (Å²) in [5, 5.41) is 3.25. The Bertz CT molecular complexity index is 548. The summed E-state index contributed by atoms with van der Waals surface area (Å²) in [4.78, 5) is 17.4. The van der Waals surface area contributed by atoms with Gasteiger partial charge < -0.3 is 14.5 Å². The normalized spacial score (nSPS) is 10.6. The first-order chi connectivity index (χ1) is 9.17. The van der Waals surface area contributed by atoms with E-state index in [0.717, 1.165) is 17.2 Å². The minimum Gasteiger partial charge on any atom is -0.469 e. The zero-order chi connectivity index (χ0) is 13.7. The molecule has 0 saturated heterocycles. The highest BCUT2D eigenvalue weighted by atomic mass is 32.1. The molecule has 0 amide bonds. The molecule has 2 heterocycles. The number of rotatable bonds is 6. The van der Waals surface area contributed by atoms with Gasteiger partial charge >= 0.3 is 5.97 Å². The van der Waals surface area contributed by atoms with Gasteiger partial charge in [-0.2, -0.15) is 0 Å². The van der Waals surface area contributed by atoms with Gasteiger partial charge in [-0.15, -0.1) is 11.3 Å². The van der Waals surface area contributed by atoms with Gasteiger partial charge in [0.2, 0.25) is 5.89 Å². The van der Waals surface area contributed by atoms with Gasteiger partial charge in [0.05, 0.1) is 26.3 Å². The highest BCUT2D eigenvalue weighted by Gasteiger charge is 2.06. The van der Waals surface area contributed by atoms with E-state index < -0.39 is 0 Å². The molecule has 0 spiro atoms. The number of hydrogen-bond donors (Lipinski definition) is 1. The number of nitrogens with one attached hydrogen (secondary N) is 1. The molecule has 2 rings (SSSR count). The molecule has 0 atom stereocenters. The largest absolute Gasteiger partial charge is 0.469 e. The van der Waals surface area contributed by atoms with Crippen molar-refractivity contribution in [3.8, 4) is 0 Å². The topological polar surface area (TPSA) is 64.4 Å². The molecule has 0 unspecified atom stereocenters. The number of aromatic nitrogens is 1. The van der Waals surface area contributed by atoms with Gasteiger partial charge in [0.25, 0.3) is 0 Å². The quantitative estimate of drug-likeness (QED) is 0.820. The number of hydrogen-bond acceptors (Lipinski definition) is 6. The second kappa shape index (κ2) is 6.49. The Morgan fingerprint density at radius 3 is 2.89 bits per heavy atom. The molecule has 2 aromatic rings. The molecule has 0 saturated carbocycles. The van der Waals surface area contributed by atoms with Crippen LogP contribution in [0.4, 0.5) is 0 Å². The average molecular weight is 280 g/mol. The number of esters is 1. The third-order valence-corrected chi connectivity index (χ3v) is 3.59. The molecular formula is C13H16N2O3S. The van der Waals surface area contributed by atoms with E-state index in [1.165, 1.54) is 12.0 Å². The molecule has 2 aromatic heterocycles. The number of nitrogens with zero attached hydrogens (tertiary/aromatic N) is 1. The lowest BCUT2D eigenvalue weighted by molar-refractivity contribution is -0.139. The van der Waals surface area contributed by atoms with E-state index in [1.807, 2.05) is 19.1 Å². The molecule has 0 bridgehead atoms. The SMILES string of the molecule is COC(=O)Cc1ccc(CNCc2ncc(C)o2)s1. The van der Waals surface area contributed by atoms with Gasteiger partial charge in [0.1, 0.15) is 5.76 Å². The molecule has 1 N–H and O–H groups in total. The van der Waals surface area contributed by atoms with Crippen LogP contribution in [0.3, 0.4) is 0 Å². The van der Waals surface area contributed by atoms with E-state index in [2.05, 4.69) is 15.0 Å². The van der Waals surface area contributed by atoms with Gasteiger partial charge in [-0.25, -0.2) is 4.98 Å². The predicted octanol–water partition coefficient (Wildman–Crippen LogP) is 2.05. The Labute approximate surface area is 115 Å². The van der Waals surface area contributed by atoms with Crippen LogP contribution in [0, 0.1) is 6.92 Å².